The minimum absolute atomic E-state index is 0.189. The fourth-order valence-corrected chi connectivity index (χ4v) is 1.73. The first-order valence-electron chi connectivity index (χ1n) is 5.71. The Bertz CT molecular complexity index is 409. The molecule has 0 saturated heterocycles. The van der Waals surface area contributed by atoms with Gasteiger partial charge in [-0.05, 0) is 31.5 Å². The second-order valence-electron chi connectivity index (χ2n) is 4.01. The van der Waals surface area contributed by atoms with Crippen LogP contribution in [0.1, 0.15) is 23.7 Å². The summed E-state index contributed by atoms with van der Waals surface area (Å²) in [6, 6.07) is 5.30. The molecule has 1 aromatic rings. The summed E-state index contributed by atoms with van der Waals surface area (Å²) >= 11 is 5.88. The Kier molecular flexibility index (Phi) is 5.95. The fraction of sp³-hybridized carbons (Fsp3) is 0.462. The third kappa shape index (κ3) is 4.20. The van der Waals surface area contributed by atoms with E-state index in [0.29, 0.717) is 17.2 Å². The Balaban J connectivity index is 2.84. The van der Waals surface area contributed by atoms with Gasteiger partial charge < -0.3 is 14.8 Å². The second-order valence-corrected chi connectivity index (χ2v) is 4.44. The molecule has 0 saturated carbocycles. The zero-order valence-electron chi connectivity index (χ0n) is 10.8. The highest BCUT2D eigenvalue weighted by Crippen LogP contribution is 2.22. The van der Waals surface area contributed by atoms with Gasteiger partial charge >= 0.3 is 5.97 Å². The molecule has 5 heteroatoms. The molecular weight excluding hydrogens is 254 g/mol. The van der Waals surface area contributed by atoms with E-state index in [9.17, 15) is 4.79 Å². The molecule has 18 heavy (non-hydrogen) atoms. The molecule has 1 N–H and O–H groups in total. The highest BCUT2D eigenvalue weighted by atomic mass is 35.5. The first-order valence-corrected chi connectivity index (χ1v) is 6.09. The number of ether oxygens (including phenoxy) is 2. The molecule has 0 aromatic heterocycles. The lowest BCUT2D eigenvalue weighted by Crippen LogP contribution is -2.19. The number of nitrogens with one attached hydrogen (secondary N) is 1. The van der Waals surface area contributed by atoms with Crippen LogP contribution in [0.3, 0.4) is 0 Å². The van der Waals surface area contributed by atoms with Crippen molar-refractivity contribution in [1.82, 2.24) is 0 Å². The Morgan fingerprint density at radius 3 is 2.78 bits per heavy atom. The van der Waals surface area contributed by atoms with Gasteiger partial charge in [0, 0.05) is 30.5 Å². The highest BCUT2D eigenvalue weighted by Gasteiger charge is 2.14. The van der Waals surface area contributed by atoms with E-state index in [1.165, 1.54) is 7.11 Å². The van der Waals surface area contributed by atoms with Crippen LogP contribution in [-0.4, -0.2) is 32.8 Å². The van der Waals surface area contributed by atoms with Crippen molar-refractivity contribution in [2.45, 2.75) is 19.4 Å². The largest absolute Gasteiger partial charge is 0.465 e. The van der Waals surface area contributed by atoms with Gasteiger partial charge in [-0.25, -0.2) is 4.79 Å². The normalized spacial score (nSPS) is 12.0. The number of benzene rings is 1. The molecule has 100 valence electrons. The van der Waals surface area contributed by atoms with E-state index in [1.807, 2.05) is 6.92 Å². The predicted molar refractivity (Wildman–Crippen MR) is 72.4 cm³/mol. The summed E-state index contributed by atoms with van der Waals surface area (Å²) in [4.78, 5) is 11.6. The van der Waals surface area contributed by atoms with Gasteiger partial charge in [-0.15, -0.1) is 0 Å². The molecule has 0 fully saturated rings. The number of carbonyl (C=O) groups excluding carboxylic acids is 1. The molecule has 0 bridgehead atoms. The Labute approximate surface area is 112 Å². The van der Waals surface area contributed by atoms with Gasteiger partial charge in [0.05, 0.1) is 12.7 Å². The standard InChI is InChI=1S/C13H18ClNO3/c1-9(6-7-17-2)15-12-5-4-10(14)8-11(12)13(16)18-3/h4-5,8-9,15H,6-7H2,1-3H3. The van der Waals surface area contributed by atoms with Gasteiger partial charge in [0.15, 0.2) is 0 Å². The molecule has 1 unspecified atom stereocenters. The first-order chi connectivity index (χ1) is 8.58. The quantitative estimate of drug-likeness (QED) is 0.808. The van der Waals surface area contributed by atoms with Gasteiger partial charge in [0.2, 0.25) is 0 Å². The summed E-state index contributed by atoms with van der Waals surface area (Å²) in [5.41, 5.74) is 1.16. The zero-order valence-corrected chi connectivity index (χ0v) is 11.6. The van der Waals surface area contributed by atoms with Gasteiger partial charge in [0.25, 0.3) is 0 Å². The van der Waals surface area contributed by atoms with Crippen molar-refractivity contribution in [2.24, 2.45) is 0 Å². The molecule has 0 heterocycles. The van der Waals surface area contributed by atoms with Gasteiger partial charge in [-0.2, -0.15) is 0 Å². The van der Waals surface area contributed by atoms with Crippen molar-refractivity contribution in [1.29, 1.82) is 0 Å². The number of anilines is 1. The van der Waals surface area contributed by atoms with Crippen LogP contribution in [0.25, 0.3) is 0 Å². The minimum atomic E-state index is -0.404. The van der Waals surface area contributed by atoms with Crippen LogP contribution in [-0.2, 0) is 9.47 Å². The van der Waals surface area contributed by atoms with Crippen LogP contribution < -0.4 is 5.32 Å². The van der Waals surface area contributed by atoms with E-state index in [4.69, 9.17) is 21.1 Å². The summed E-state index contributed by atoms with van der Waals surface area (Å²) in [5.74, 6) is -0.404. The smallest absolute Gasteiger partial charge is 0.340 e. The Morgan fingerprint density at radius 1 is 1.44 bits per heavy atom. The van der Waals surface area contributed by atoms with Gasteiger partial charge in [0.1, 0.15) is 0 Å². The molecule has 1 atom stereocenters. The maximum Gasteiger partial charge on any atom is 0.340 e. The molecule has 1 aromatic carbocycles. The monoisotopic (exact) mass is 271 g/mol. The van der Waals surface area contributed by atoms with Crippen LogP contribution in [0.2, 0.25) is 5.02 Å². The summed E-state index contributed by atoms with van der Waals surface area (Å²) < 4.78 is 9.75. The van der Waals surface area contributed by atoms with Crippen molar-refractivity contribution >= 4 is 23.3 Å². The maximum atomic E-state index is 11.6. The molecule has 0 spiro atoms. The average molecular weight is 272 g/mol. The molecule has 0 aliphatic heterocycles. The van der Waals surface area contributed by atoms with Gasteiger partial charge in [-0.3, -0.25) is 0 Å². The molecule has 4 nitrogen and oxygen atoms in total. The van der Waals surface area contributed by atoms with E-state index in [-0.39, 0.29) is 6.04 Å². The predicted octanol–water partition coefficient (Wildman–Crippen LogP) is 2.96. The fourth-order valence-electron chi connectivity index (χ4n) is 1.55. The lowest BCUT2D eigenvalue weighted by molar-refractivity contribution is 0.0602. The number of methoxy groups -OCH3 is 2. The average Bonchev–Trinajstić information content (AvgIpc) is 2.37. The van der Waals surface area contributed by atoms with E-state index in [1.54, 1.807) is 25.3 Å². The molecule has 1 rings (SSSR count). The summed E-state index contributed by atoms with van der Waals surface area (Å²) in [6.07, 6.45) is 0.847. The summed E-state index contributed by atoms with van der Waals surface area (Å²) in [5, 5.41) is 3.75. The van der Waals surface area contributed by atoms with Crippen molar-refractivity contribution < 1.29 is 14.3 Å². The minimum Gasteiger partial charge on any atom is -0.465 e. The summed E-state index contributed by atoms with van der Waals surface area (Å²) in [7, 11) is 3.01. The van der Waals surface area contributed by atoms with E-state index in [0.717, 1.165) is 12.1 Å². The molecule has 0 amide bonds. The van der Waals surface area contributed by atoms with E-state index >= 15 is 0 Å². The van der Waals surface area contributed by atoms with Crippen molar-refractivity contribution in [3.8, 4) is 0 Å². The number of rotatable bonds is 6. The van der Waals surface area contributed by atoms with Crippen LogP contribution in [0.4, 0.5) is 5.69 Å². The SMILES string of the molecule is COCCC(C)Nc1ccc(Cl)cc1C(=O)OC. The van der Waals surface area contributed by atoms with Crippen molar-refractivity contribution in [3.63, 3.8) is 0 Å². The number of esters is 1. The molecule has 0 aliphatic rings. The number of hydrogen-bond donors (Lipinski definition) is 1. The number of hydrogen-bond acceptors (Lipinski definition) is 4. The van der Waals surface area contributed by atoms with Crippen LogP contribution in [0.5, 0.6) is 0 Å². The molecule has 0 radical (unpaired) electrons. The lowest BCUT2D eigenvalue weighted by Gasteiger charge is -2.17. The Morgan fingerprint density at radius 2 is 2.17 bits per heavy atom. The first kappa shape index (κ1) is 14.8. The van der Waals surface area contributed by atoms with Crippen molar-refractivity contribution in [3.05, 3.63) is 28.8 Å². The third-order valence-corrected chi connectivity index (χ3v) is 2.78. The van der Waals surface area contributed by atoms with Crippen LogP contribution in [0, 0.1) is 0 Å². The zero-order chi connectivity index (χ0) is 13.5. The van der Waals surface area contributed by atoms with Crippen LogP contribution >= 0.6 is 11.6 Å². The maximum absolute atomic E-state index is 11.6. The Hall–Kier alpha value is -1.26. The second kappa shape index (κ2) is 7.24. The highest BCUT2D eigenvalue weighted by molar-refractivity contribution is 6.31. The summed E-state index contributed by atoms with van der Waals surface area (Å²) in [6.45, 7) is 2.68. The number of carbonyl (C=O) groups is 1. The van der Waals surface area contributed by atoms with Crippen molar-refractivity contribution in [2.75, 3.05) is 26.1 Å². The molecular formula is C13H18ClNO3. The van der Waals surface area contributed by atoms with E-state index in [2.05, 4.69) is 5.32 Å². The molecule has 0 aliphatic carbocycles. The topological polar surface area (TPSA) is 47.6 Å². The lowest BCUT2D eigenvalue weighted by atomic mass is 10.1. The van der Waals surface area contributed by atoms with Gasteiger partial charge in [-0.1, -0.05) is 11.6 Å². The van der Waals surface area contributed by atoms with Crippen LogP contribution in [0.15, 0.2) is 18.2 Å². The van der Waals surface area contributed by atoms with E-state index < -0.39 is 5.97 Å². The third-order valence-electron chi connectivity index (χ3n) is 2.54. The number of halogens is 1.